The van der Waals surface area contributed by atoms with Gasteiger partial charge in [-0.1, -0.05) is 54.1 Å². The highest BCUT2D eigenvalue weighted by Gasteiger charge is 2.42. The molecule has 53 heavy (non-hydrogen) atoms. The third-order valence-corrected chi connectivity index (χ3v) is 11.4. The van der Waals surface area contributed by atoms with Gasteiger partial charge in [-0.3, -0.25) is 9.69 Å². The number of carboxylic acid groups (broad SMARTS) is 1. The van der Waals surface area contributed by atoms with Crippen molar-refractivity contribution in [1.82, 2.24) is 20.2 Å². The second-order valence-corrected chi connectivity index (χ2v) is 15.2. The molecule has 1 aromatic carbocycles. The Morgan fingerprint density at radius 1 is 1.06 bits per heavy atom. The molecule has 4 N–H and O–H groups in total. The molecule has 1 aliphatic heterocycles. The maximum Gasteiger partial charge on any atom is 0.419 e. The van der Waals surface area contributed by atoms with Crippen LogP contribution >= 0.6 is 11.6 Å². The summed E-state index contributed by atoms with van der Waals surface area (Å²) < 4.78 is 54.5. The van der Waals surface area contributed by atoms with Crippen molar-refractivity contribution in [2.45, 2.75) is 69.6 Å². The van der Waals surface area contributed by atoms with Crippen LogP contribution in [-0.2, 0) is 24.1 Å². The number of ether oxygens (including phenoxy) is 2. The van der Waals surface area contributed by atoms with Gasteiger partial charge in [0, 0.05) is 60.9 Å². The van der Waals surface area contributed by atoms with Gasteiger partial charge >= 0.3 is 12.1 Å². The van der Waals surface area contributed by atoms with E-state index in [0.29, 0.717) is 42.4 Å². The average Bonchev–Trinajstić information content (AvgIpc) is 3.50. The number of hydrogen-bond donors (Lipinski definition) is 4. The van der Waals surface area contributed by atoms with Crippen LogP contribution < -0.4 is 20.1 Å². The Hall–Kier alpha value is -4.17. The topological polar surface area (TPSA) is 129 Å². The van der Waals surface area contributed by atoms with Gasteiger partial charge in [0.15, 0.2) is 0 Å². The van der Waals surface area contributed by atoms with Crippen molar-refractivity contribution in [1.29, 1.82) is 0 Å². The minimum absolute atomic E-state index is 0.00224. The predicted octanol–water partition coefficient (Wildman–Crippen LogP) is 6.81. The first-order valence-corrected chi connectivity index (χ1v) is 18.2. The summed E-state index contributed by atoms with van der Waals surface area (Å²) in [5.74, 6) is -1.33. The number of benzene rings is 1. The van der Waals surface area contributed by atoms with Gasteiger partial charge in [0.05, 0.1) is 42.0 Å². The highest BCUT2D eigenvalue weighted by Crippen LogP contribution is 2.48. The number of carbonyl (C=O) groups is 1. The molecule has 7 rings (SSSR count). The molecule has 0 bridgehead atoms. The number of aliphatic carboxylic acids is 1. The SMILES string of the molecule is COc1nc(-c2cccc(C3=CC=CC4C3CC[C@@H]4Nc3nc(OC)c(CN4CC(C(=O)O)C4)cc3C(F)(F)F)c2Cl)ccc1CNC1CC(C)(O)C1. The first-order valence-electron chi connectivity index (χ1n) is 17.8. The number of hydrogen-bond acceptors (Lipinski definition) is 9. The summed E-state index contributed by atoms with van der Waals surface area (Å²) in [6.07, 6.45) is 4.02. The molecule has 14 heteroatoms. The molecule has 2 unspecified atom stereocenters. The number of likely N-dealkylation sites (tertiary alicyclic amines) is 1. The van der Waals surface area contributed by atoms with E-state index in [-0.39, 0.29) is 60.8 Å². The lowest BCUT2D eigenvalue weighted by Crippen LogP contribution is -2.51. The van der Waals surface area contributed by atoms with E-state index in [0.717, 1.165) is 34.8 Å². The number of allylic oxidation sites excluding steroid dienone is 3. The van der Waals surface area contributed by atoms with Crippen molar-refractivity contribution in [2.24, 2.45) is 17.8 Å². The first-order chi connectivity index (χ1) is 25.2. The molecule has 3 aromatic rings. The van der Waals surface area contributed by atoms with E-state index in [1.807, 2.05) is 55.5 Å². The number of aromatic nitrogens is 2. The van der Waals surface area contributed by atoms with E-state index < -0.39 is 29.2 Å². The largest absolute Gasteiger partial charge is 0.481 e. The Kier molecular flexibility index (Phi) is 10.2. The molecular formula is C39H43ClF3N5O5. The summed E-state index contributed by atoms with van der Waals surface area (Å²) in [4.78, 5) is 22.1. The summed E-state index contributed by atoms with van der Waals surface area (Å²) in [5.41, 5.74) is 2.86. The number of anilines is 1. The second-order valence-electron chi connectivity index (χ2n) is 14.8. The standard InChI is InChI=1S/C39H43ClF3N5O5/c1-38(51)15-24(16-38)44-17-21-10-12-32(46-35(21)52-2)29-9-5-8-28(33(29)40)25-6-4-7-27-26(25)11-13-31(27)45-34-30(39(41,42)43)14-22(36(47-34)53-3)18-48-19-23(20-48)37(49)50/h4-10,12,14,23-24,26-27,31,44,51H,11,13,15-20H2,1-3H3,(H,45,47)(H,49,50)/t24?,26?,27?,31-,38?/m0/s1. The van der Waals surface area contributed by atoms with Gasteiger partial charge in [0.25, 0.3) is 0 Å². The number of rotatable bonds is 12. The van der Waals surface area contributed by atoms with Gasteiger partial charge in [0.1, 0.15) is 5.82 Å². The molecule has 3 heterocycles. The Morgan fingerprint density at radius 3 is 2.45 bits per heavy atom. The fourth-order valence-electron chi connectivity index (χ4n) is 8.23. The molecule has 0 amide bonds. The van der Waals surface area contributed by atoms with E-state index in [1.165, 1.54) is 7.11 Å². The normalized spacial score (nSPS) is 25.6. The Labute approximate surface area is 311 Å². The van der Waals surface area contributed by atoms with Crippen LogP contribution in [0.1, 0.15) is 54.9 Å². The smallest absolute Gasteiger partial charge is 0.419 e. The van der Waals surface area contributed by atoms with Gasteiger partial charge < -0.3 is 30.3 Å². The molecular weight excluding hydrogens is 711 g/mol. The van der Waals surface area contributed by atoms with Gasteiger partial charge in [-0.2, -0.15) is 18.2 Å². The molecule has 10 nitrogen and oxygen atoms in total. The maximum atomic E-state index is 14.5. The molecule has 2 saturated carbocycles. The molecule has 3 atom stereocenters. The van der Waals surface area contributed by atoms with E-state index >= 15 is 0 Å². The number of carboxylic acids is 1. The summed E-state index contributed by atoms with van der Waals surface area (Å²) in [5, 5.41) is 26.4. The maximum absolute atomic E-state index is 14.5. The highest BCUT2D eigenvalue weighted by atomic mass is 35.5. The van der Waals surface area contributed by atoms with Crippen molar-refractivity contribution in [3.8, 4) is 23.0 Å². The number of fused-ring (bicyclic) bond motifs is 1. The molecule has 0 radical (unpaired) electrons. The molecule has 3 aliphatic carbocycles. The van der Waals surface area contributed by atoms with Gasteiger partial charge in [-0.25, -0.2) is 4.98 Å². The summed E-state index contributed by atoms with van der Waals surface area (Å²) in [6.45, 7) is 2.99. The fourth-order valence-corrected chi connectivity index (χ4v) is 8.57. The average molecular weight is 754 g/mol. The number of nitrogens with zero attached hydrogens (tertiary/aromatic N) is 3. The number of halogens is 4. The molecule has 1 saturated heterocycles. The third kappa shape index (κ3) is 7.62. The Balaban J connectivity index is 1.09. The van der Waals surface area contributed by atoms with Crippen LogP contribution in [0.3, 0.4) is 0 Å². The third-order valence-electron chi connectivity index (χ3n) is 11.0. The first kappa shape index (κ1) is 37.2. The second kappa shape index (κ2) is 14.6. The summed E-state index contributed by atoms with van der Waals surface area (Å²) in [6, 6.07) is 10.6. The zero-order chi connectivity index (χ0) is 37.7. The van der Waals surface area contributed by atoms with Crippen LogP contribution in [0.4, 0.5) is 19.0 Å². The zero-order valence-electron chi connectivity index (χ0n) is 29.7. The molecule has 282 valence electrons. The van der Waals surface area contributed by atoms with E-state index in [4.69, 9.17) is 26.1 Å². The van der Waals surface area contributed by atoms with Gasteiger partial charge in [-0.15, -0.1) is 0 Å². The lowest BCUT2D eigenvalue weighted by molar-refractivity contribution is -0.147. The molecule has 3 fully saturated rings. The van der Waals surface area contributed by atoms with Gasteiger partial charge in [-0.05, 0) is 61.8 Å². The van der Waals surface area contributed by atoms with E-state index in [9.17, 15) is 28.2 Å². The minimum atomic E-state index is -4.68. The van der Waals surface area contributed by atoms with Crippen molar-refractivity contribution in [3.63, 3.8) is 0 Å². The van der Waals surface area contributed by atoms with Crippen LogP contribution in [0.2, 0.25) is 5.02 Å². The van der Waals surface area contributed by atoms with Gasteiger partial charge in [0.2, 0.25) is 11.8 Å². The van der Waals surface area contributed by atoms with Crippen molar-refractivity contribution in [2.75, 3.05) is 32.6 Å². The van der Waals surface area contributed by atoms with Crippen LogP contribution in [-0.4, -0.2) is 76.0 Å². The van der Waals surface area contributed by atoms with Crippen molar-refractivity contribution >= 4 is 29.0 Å². The molecule has 2 aromatic heterocycles. The fraction of sp³-hybridized carbons (Fsp3) is 0.462. The van der Waals surface area contributed by atoms with Crippen molar-refractivity contribution < 1.29 is 37.7 Å². The lowest BCUT2D eigenvalue weighted by atomic mass is 9.77. The van der Waals surface area contributed by atoms with Crippen molar-refractivity contribution in [3.05, 3.63) is 81.9 Å². The van der Waals surface area contributed by atoms with Crippen LogP contribution in [0.5, 0.6) is 11.8 Å². The van der Waals surface area contributed by atoms with E-state index in [1.54, 1.807) is 12.0 Å². The minimum Gasteiger partial charge on any atom is -0.481 e. The molecule has 4 aliphatic rings. The Bertz CT molecular complexity index is 1940. The number of methoxy groups -OCH3 is 2. The summed E-state index contributed by atoms with van der Waals surface area (Å²) in [7, 11) is 2.94. The van der Waals surface area contributed by atoms with Crippen LogP contribution in [0, 0.1) is 17.8 Å². The summed E-state index contributed by atoms with van der Waals surface area (Å²) >= 11 is 7.14. The lowest BCUT2D eigenvalue weighted by Gasteiger charge is -2.41. The highest BCUT2D eigenvalue weighted by molar-refractivity contribution is 6.35. The number of alkyl halides is 3. The number of nitrogens with one attached hydrogen (secondary N) is 2. The van der Waals surface area contributed by atoms with Crippen LogP contribution in [0.25, 0.3) is 16.8 Å². The van der Waals surface area contributed by atoms with Crippen LogP contribution in [0.15, 0.2) is 54.6 Å². The number of aliphatic hydroxyl groups is 1. The Morgan fingerprint density at radius 2 is 1.77 bits per heavy atom. The predicted molar refractivity (Wildman–Crippen MR) is 195 cm³/mol. The quantitative estimate of drug-likeness (QED) is 0.157. The molecule has 0 spiro atoms. The monoisotopic (exact) mass is 753 g/mol. The van der Waals surface area contributed by atoms with E-state index in [2.05, 4.69) is 15.6 Å². The zero-order valence-corrected chi connectivity index (χ0v) is 30.5. The number of pyridine rings is 2.